The van der Waals surface area contributed by atoms with Crippen molar-refractivity contribution in [3.63, 3.8) is 0 Å². The molecule has 3 N–H and O–H groups in total. The average molecular weight is 321 g/mol. The molecular formula is C16H23N3O4. The SMILES string of the molecule is COc1ccc(OC)c(C2(C)NC(=O)N(CCCCN)C2=O)c1. The molecule has 0 spiro atoms. The van der Waals surface area contributed by atoms with Crippen LogP contribution in [0.5, 0.6) is 11.5 Å². The number of hydrogen-bond acceptors (Lipinski definition) is 5. The Balaban J connectivity index is 2.35. The van der Waals surface area contributed by atoms with Crippen LogP contribution in [0.1, 0.15) is 25.3 Å². The fourth-order valence-electron chi connectivity index (χ4n) is 2.70. The molecule has 3 amide bonds. The van der Waals surface area contributed by atoms with E-state index in [1.807, 2.05) is 0 Å². The Morgan fingerprint density at radius 1 is 1.22 bits per heavy atom. The zero-order chi connectivity index (χ0) is 17.0. The van der Waals surface area contributed by atoms with Crippen LogP contribution in [0.25, 0.3) is 0 Å². The van der Waals surface area contributed by atoms with E-state index in [1.165, 1.54) is 12.0 Å². The van der Waals surface area contributed by atoms with Gasteiger partial charge in [-0.15, -0.1) is 0 Å². The number of carbonyl (C=O) groups excluding carboxylic acids is 2. The topological polar surface area (TPSA) is 93.9 Å². The predicted octanol–water partition coefficient (Wildman–Crippen LogP) is 1.21. The van der Waals surface area contributed by atoms with E-state index in [2.05, 4.69) is 5.32 Å². The molecular weight excluding hydrogens is 298 g/mol. The van der Waals surface area contributed by atoms with Gasteiger partial charge in [0.2, 0.25) is 0 Å². The highest BCUT2D eigenvalue weighted by Gasteiger charge is 2.50. The zero-order valence-corrected chi connectivity index (χ0v) is 13.7. The summed E-state index contributed by atoms with van der Waals surface area (Å²) in [6.45, 7) is 2.56. The molecule has 1 aromatic carbocycles. The van der Waals surface area contributed by atoms with Gasteiger partial charge in [-0.05, 0) is 44.5 Å². The normalized spacial score (nSPS) is 20.6. The highest BCUT2D eigenvalue weighted by atomic mass is 16.5. The standard InChI is InChI=1S/C16H23N3O4/c1-16(12-10-11(22-2)6-7-13(12)23-3)14(20)19(15(21)18-16)9-5-4-8-17/h6-7,10H,4-5,8-9,17H2,1-3H3,(H,18,21). The third-order valence-electron chi connectivity index (χ3n) is 4.06. The lowest BCUT2D eigenvalue weighted by Gasteiger charge is -2.24. The van der Waals surface area contributed by atoms with E-state index < -0.39 is 11.6 Å². The van der Waals surface area contributed by atoms with Crippen LogP contribution in [0.15, 0.2) is 18.2 Å². The molecule has 0 aromatic heterocycles. The van der Waals surface area contributed by atoms with Crippen molar-refractivity contribution in [2.75, 3.05) is 27.3 Å². The number of methoxy groups -OCH3 is 2. The lowest BCUT2D eigenvalue weighted by Crippen LogP contribution is -2.41. The van der Waals surface area contributed by atoms with Crippen LogP contribution in [0.2, 0.25) is 0 Å². The Hall–Kier alpha value is -2.28. The predicted molar refractivity (Wildman–Crippen MR) is 85.4 cm³/mol. The first-order chi connectivity index (χ1) is 11.0. The number of nitrogens with two attached hydrogens (primary N) is 1. The number of nitrogens with zero attached hydrogens (tertiary/aromatic N) is 1. The molecule has 1 saturated heterocycles. The van der Waals surface area contributed by atoms with E-state index >= 15 is 0 Å². The Labute approximate surface area is 135 Å². The Morgan fingerprint density at radius 2 is 1.96 bits per heavy atom. The van der Waals surface area contributed by atoms with Gasteiger partial charge in [-0.2, -0.15) is 0 Å². The number of amides is 3. The molecule has 7 nitrogen and oxygen atoms in total. The van der Waals surface area contributed by atoms with E-state index in [0.717, 1.165) is 6.42 Å². The quantitative estimate of drug-likeness (QED) is 0.581. The number of ether oxygens (including phenoxy) is 2. The first-order valence-corrected chi connectivity index (χ1v) is 7.54. The number of nitrogens with one attached hydrogen (secondary N) is 1. The minimum Gasteiger partial charge on any atom is -0.497 e. The fraction of sp³-hybridized carbons (Fsp3) is 0.500. The van der Waals surface area contributed by atoms with Crippen LogP contribution >= 0.6 is 0 Å². The van der Waals surface area contributed by atoms with Crippen molar-refractivity contribution in [1.29, 1.82) is 0 Å². The van der Waals surface area contributed by atoms with Crippen LogP contribution < -0.4 is 20.5 Å². The monoisotopic (exact) mass is 321 g/mol. The molecule has 1 aliphatic heterocycles. The first-order valence-electron chi connectivity index (χ1n) is 7.54. The summed E-state index contributed by atoms with van der Waals surface area (Å²) in [5, 5.41) is 2.77. The number of benzene rings is 1. The first kappa shape index (κ1) is 17.1. The molecule has 2 rings (SSSR count). The molecule has 0 radical (unpaired) electrons. The fourth-order valence-corrected chi connectivity index (χ4v) is 2.70. The molecule has 1 unspecified atom stereocenters. The molecule has 23 heavy (non-hydrogen) atoms. The maximum atomic E-state index is 12.8. The van der Waals surface area contributed by atoms with Crippen molar-refractivity contribution in [3.05, 3.63) is 23.8 Å². The van der Waals surface area contributed by atoms with E-state index in [-0.39, 0.29) is 5.91 Å². The number of imide groups is 1. The maximum Gasteiger partial charge on any atom is 0.325 e. The molecule has 1 aromatic rings. The van der Waals surface area contributed by atoms with Crippen molar-refractivity contribution in [2.45, 2.75) is 25.3 Å². The van der Waals surface area contributed by atoms with Crippen molar-refractivity contribution >= 4 is 11.9 Å². The van der Waals surface area contributed by atoms with Crippen LogP contribution in [-0.4, -0.2) is 44.1 Å². The van der Waals surface area contributed by atoms with Gasteiger partial charge in [0.15, 0.2) is 0 Å². The van der Waals surface area contributed by atoms with Crippen LogP contribution in [0, 0.1) is 0 Å². The van der Waals surface area contributed by atoms with Gasteiger partial charge < -0.3 is 20.5 Å². The minimum absolute atomic E-state index is 0.300. The summed E-state index contributed by atoms with van der Waals surface area (Å²) in [5.74, 6) is 0.808. The smallest absolute Gasteiger partial charge is 0.325 e. The largest absolute Gasteiger partial charge is 0.497 e. The molecule has 0 saturated carbocycles. The van der Waals surface area contributed by atoms with Crippen molar-refractivity contribution in [3.8, 4) is 11.5 Å². The number of unbranched alkanes of at least 4 members (excludes halogenated alkanes) is 1. The number of rotatable bonds is 7. The molecule has 7 heteroatoms. The summed E-state index contributed by atoms with van der Waals surface area (Å²) in [5.41, 5.74) is 4.85. The molecule has 1 atom stereocenters. The van der Waals surface area contributed by atoms with Gasteiger partial charge >= 0.3 is 6.03 Å². The average Bonchev–Trinajstić information content (AvgIpc) is 2.78. The summed E-state index contributed by atoms with van der Waals surface area (Å²) in [4.78, 5) is 26.3. The zero-order valence-electron chi connectivity index (χ0n) is 13.7. The molecule has 1 aliphatic rings. The third kappa shape index (κ3) is 3.10. The van der Waals surface area contributed by atoms with Gasteiger partial charge in [0, 0.05) is 12.1 Å². The van der Waals surface area contributed by atoms with Crippen LogP contribution in [0.4, 0.5) is 4.79 Å². The van der Waals surface area contributed by atoms with Gasteiger partial charge in [-0.25, -0.2) is 4.79 Å². The molecule has 0 bridgehead atoms. The molecule has 0 aliphatic carbocycles. The minimum atomic E-state index is -1.18. The summed E-state index contributed by atoms with van der Waals surface area (Å²) < 4.78 is 10.6. The number of carbonyl (C=O) groups is 2. The molecule has 126 valence electrons. The van der Waals surface area contributed by atoms with Crippen molar-refractivity contribution in [2.24, 2.45) is 5.73 Å². The second-order valence-electron chi connectivity index (χ2n) is 5.57. The summed E-state index contributed by atoms with van der Waals surface area (Å²) in [7, 11) is 3.07. The molecule has 1 heterocycles. The van der Waals surface area contributed by atoms with E-state index in [9.17, 15) is 9.59 Å². The highest BCUT2D eigenvalue weighted by molar-refractivity contribution is 6.07. The van der Waals surface area contributed by atoms with Crippen LogP contribution in [0.3, 0.4) is 0 Å². The van der Waals surface area contributed by atoms with Gasteiger partial charge in [0.05, 0.1) is 14.2 Å². The van der Waals surface area contributed by atoms with Crippen molar-refractivity contribution in [1.82, 2.24) is 10.2 Å². The summed E-state index contributed by atoms with van der Waals surface area (Å²) in [6.07, 6.45) is 1.44. The molecule has 1 fully saturated rings. The van der Waals surface area contributed by atoms with Gasteiger partial charge in [-0.3, -0.25) is 9.69 Å². The van der Waals surface area contributed by atoms with Gasteiger partial charge in [0.1, 0.15) is 17.0 Å². The summed E-state index contributed by atoms with van der Waals surface area (Å²) in [6, 6.07) is 4.77. The summed E-state index contributed by atoms with van der Waals surface area (Å²) >= 11 is 0. The number of urea groups is 1. The van der Waals surface area contributed by atoms with E-state index in [4.69, 9.17) is 15.2 Å². The lowest BCUT2D eigenvalue weighted by atomic mass is 9.90. The maximum absolute atomic E-state index is 12.8. The van der Waals surface area contributed by atoms with Gasteiger partial charge in [-0.1, -0.05) is 0 Å². The Bertz CT molecular complexity index is 605. The second kappa shape index (κ2) is 6.87. The van der Waals surface area contributed by atoms with Crippen LogP contribution in [-0.2, 0) is 10.3 Å². The Kier molecular flexibility index (Phi) is 5.10. The van der Waals surface area contributed by atoms with Crippen molar-refractivity contribution < 1.29 is 19.1 Å². The Morgan fingerprint density at radius 3 is 2.57 bits per heavy atom. The number of hydrogen-bond donors (Lipinski definition) is 2. The second-order valence-corrected chi connectivity index (χ2v) is 5.57. The highest BCUT2D eigenvalue weighted by Crippen LogP contribution is 2.37. The third-order valence-corrected chi connectivity index (χ3v) is 4.06. The lowest BCUT2D eigenvalue weighted by molar-refractivity contribution is -0.131. The van der Waals surface area contributed by atoms with E-state index in [0.29, 0.717) is 36.6 Å². The van der Waals surface area contributed by atoms with Gasteiger partial charge in [0.25, 0.3) is 5.91 Å². The van der Waals surface area contributed by atoms with E-state index in [1.54, 1.807) is 32.2 Å².